The van der Waals surface area contributed by atoms with Crippen LogP contribution in [0.4, 0.5) is 0 Å². The maximum atomic E-state index is 13.1. The van der Waals surface area contributed by atoms with Crippen molar-refractivity contribution in [3.05, 3.63) is 36.0 Å². The van der Waals surface area contributed by atoms with Gasteiger partial charge in [0.05, 0.1) is 0 Å². The predicted molar refractivity (Wildman–Crippen MR) is 104 cm³/mol. The van der Waals surface area contributed by atoms with E-state index in [-0.39, 0.29) is 11.8 Å². The molecule has 1 atom stereocenters. The number of H-pyrrole nitrogens is 1. The molecule has 5 heteroatoms. The van der Waals surface area contributed by atoms with Crippen LogP contribution in [0.2, 0.25) is 0 Å². The van der Waals surface area contributed by atoms with Gasteiger partial charge in [-0.3, -0.25) is 9.59 Å². The zero-order valence-corrected chi connectivity index (χ0v) is 15.8. The number of rotatable bonds is 6. The van der Waals surface area contributed by atoms with Gasteiger partial charge in [0.2, 0.25) is 11.8 Å². The van der Waals surface area contributed by atoms with Crippen molar-refractivity contribution in [1.82, 2.24) is 15.2 Å². The average Bonchev–Trinajstić information content (AvgIpc) is 3.04. The normalized spacial score (nSPS) is 16.6. The molecular formula is C21H29N3O2. The maximum Gasteiger partial charge on any atom is 0.245 e. The first-order valence-corrected chi connectivity index (χ1v) is 9.71. The number of carbonyl (C=O) groups excluding carboxylic acids is 2. The largest absolute Gasteiger partial charge is 0.361 e. The fourth-order valence-electron chi connectivity index (χ4n) is 3.66. The van der Waals surface area contributed by atoms with Gasteiger partial charge < -0.3 is 15.2 Å². The smallest absolute Gasteiger partial charge is 0.245 e. The van der Waals surface area contributed by atoms with Gasteiger partial charge in [0.25, 0.3) is 0 Å². The Morgan fingerprint density at radius 1 is 1.27 bits per heavy atom. The second-order valence-corrected chi connectivity index (χ2v) is 7.44. The van der Waals surface area contributed by atoms with Crippen molar-refractivity contribution in [1.29, 1.82) is 0 Å². The molecule has 2 aromatic rings. The highest BCUT2D eigenvalue weighted by molar-refractivity contribution is 5.89. The Hall–Kier alpha value is -2.30. The molecule has 140 valence electrons. The molecule has 1 aromatic carbocycles. The summed E-state index contributed by atoms with van der Waals surface area (Å²) in [5.74, 6) is 0.670. The molecule has 1 aromatic heterocycles. The third-order valence-corrected chi connectivity index (χ3v) is 5.30. The van der Waals surface area contributed by atoms with E-state index in [1.165, 1.54) is 0 Å². The van der Waals surface area contributed by atoms with Crippen LogP contribution < -0.4 is 5.32 Å². The minimum Gasteiger partial charge on any atom is -0.361 e. The topological polar surface area (TPSA) is 65.2 Å². The van der Waals surface area contributed by atoms with Crippen LogP contribution in [0, 0.1) is 5.92 Å². The number of benzene rings is 1. The van der Waals surface area contributed by atoms with Crippen molar-refractivity contribution in [3.8, 4) is 0 Å². The summed E-state index contributed by atoms with van der Waals surface area (Å²) in [6.07, 6.45) is 5.78. The zero-order valence-electron chi connectivity index (χ0n) is 15.8. The van der Waals surface area contributed by atoms with Gasteiger partial charge in [-0.1, -0.05) is 32.0 Å². The molecule has 1 aliphatic heterocycles. The number of nitrogens with zero attached hydrogens (tertiary/aromatic N) is 1. The molecular weight excluding hydrogens is 326 g/mol. The third-order valence-electron chi connectivity index (χ3n) is 5.30. The third kappa shape index (κ3) is 4.26. The van der Waals surface area contributed by atoms with E-state index in [9.17, 15) is 9.59 Å². The monoisotopic (exact) mass is 355 g/mol. The molecule has 1 aliphatic rings. The van der Waals surface area contributed by atoms with E-state index in [1.54, 1.807) is 0 Å². The van der Waals surface area contributed by atoms with Crippen molar-refractivity contribution < 1.29 is 9.59 Å². The summed E-state index contributed by atoms with van der Waals surface area (Å²) in [5.41, 5.74) is 2.13. The number of hydrogen-bond donors (Lipinski definition) is 2. The van der Waals surface area contributed by atoms with E-state index in [1.807, 2.05) is 36.2 Å². The van der Waals surface area contributed by atoms with Gasteiger partial charge in [-0.25, -0.2) is 0 Å². The van der Waals surface area contributed by atoms with E-state index < -0.39 is 6.04 Å². The first-order valence-electron chi connectivity index (χ1n) is 9.71. The number of nitrogens with one attached hydrogen (secondary N) is 2. The second-order valence-electron chi connectivity index (χ2n) is 7.44. The molecule has 1 fully saturated rings. The van der Waals surface area contributed by atoms with Crippen LogP contribution >= 0.6 is 0 Å². The lowest BCUT2D eigenvalue weighted by Crippen LogP contribution is -2.51. The molecule has 0 aliphatic carbocycles. The number of para-hydroxylation sites is 1. The summed E-state index contributed by atoms with van der Waals surface area (Å²) >= 11 is 0. The predicted octanol–water partition coefficient (Wildman–Crippen LogP) is 3.25. The van der Waals surface area contributed by atoms with Gasteiger partial charge >= 0.3 is 0 Å². The number of aromatic amines is 1. The number of fused-ring (bicyclic) bond motifs is 1. The highest BCUT2D eigenvalue weighted by Gasteiger charge is 2.29. The average molecular weight is 355 g/mol. The van der Waals surface area contributed by atoms with E-state index in [0.717, 1.165) is 48.8 Å². The maximum absolute atomic E-state index is 13.1. The zero-order chi connectivity index (χ0) is 18.5. The van der Waals surface area contributed by atoms with E-state index in [4.69, 9.17) is 0 Å². The van der Waals surface area contributed by atoms with Crippen molar-refractivity contribution in [2.45, 2.75) is 52.0 Å². The number of amides is 2. The Morgan fingerprint density at radius 3 is 2.73 bits per heavy atom. The van der Waals surface area contributed by atoms with Crippen LogP contribution in [-0.2, 0) is 16.0 Å². The molecule has 3 rings (SSSR count). The standard InChI is InChI=1S/C21H29N3O2/c1-3-6-20(25)23-19(21(26)24-11-9-15(2)10-12-24)13-16-14-22-18-8-5-4-7-17(16)18/h4-5,7-8,14-15,19,22H,3,6,9-13H2,1-2H3,(H,23,25)/t19-/m1/s1. The first-order chi connectivity index (χ1) is 12.6. The van der Waals surface area contributed by atoms with E-state index >= 15 is 0 Å². The van der Waals surface area contributed by atoms with E-state index in [2.05, 4.69) is 23.3 Å². The van der Waals surface area contributed by atoms with Crippen molar-refractivity contribution in [2.75, 3.05) is 13.1 Å². The highest BCUT2D eigenvalue weighted by Crippen LogP contribution is 2.21. The number of carbonyl (C=O) groups is 2. The van der Waals surface area contributed by atoms with Crippen LogP contribution in [0.5, 0.6) is 0 Å². The molecule has 26 heavy (non-hydrogen) atoms. The minimum atomic E-state index is -0.498. The Balaban J connectivity index is 1.78. The SMILES string of the molecule is CCCC(=O)N[C@H](Cc1c[nH]c2ccccc12)C(=O)N1CCC(C)CC1. The lowest BCUT2D eigenvalue weighted by molar-refractivity contribution is -0.137. The molecule has 0 unspecified atom stereocenters. The summed E-state index contributed by atoms with van der Waals surface area (Å²) in [6.45, 7) is 5.78. The summed E-state index contributed by atoms with van der Waals surface area (Å²) < 4.78 is 0. The van der Waals surface area contributed by atoms with Gasteiger partial charge in [-0.2, -0.15) is 0 Å². The Bertz CT molecular complexity index is 759. The molecule has 5 nitrogen and oxygen atoms in total. The summed E-state index contributed by atoms with van der Waals surface area (Å²) in [5, 5.41) is 4.10. The molecule has 2 heterocycles. The van der Waals surface area contributed by atoms with Gasteiger partial charge in [0.1, 0.15) is 6.04 Å². The van der Waals surface area contributed by atoms with Crippen LogP contribution in [0.15, 0.2) is 30.5 Å². The molecule has 2 amide bonds. The number of piperidine rings is 1. The molecule has 1 saturated heterocycles. The highest BCUT2D eigenvalue weighted by atomic mass is 16.2. The number of aromatic nitrogens is 1. The fraction of sp³-hybridized carbons (Fsp3) is 0.524. The second kappa shape index (κ2) is 8.39. The molecule has 0 saturated carbocycles. The fourth-order valence-corrected chi connectivity index (χ4v) is 3.66. The van der Waals surface area contributed by atoms with Crippen molar-refractivity contribution in [3.63, 3.8) is 0 Å². The summed E-state index contributed by atoms with van der Waals surface area (Å²) in [7, 11) is 0. The number of likely N-dealkylation sites (tertiary alicyclic amines) is 1. The Labute approximate surface area is 155 Å². The van der Waals surface area contributed by atoms with Gasteiger partial charge in [-0.05, 0) is 36.8 Å². The van der Waals surface area contributed by atoms with Crippen LogP contribution in [0.1, 0.15) is 45.1 Å². The molecule has 0 spiro atoms. The summed E-state index contributed by atoms with van der Waals surface area (Å²) in [6, 6.07) is 7.57. The van der Waals surface area contributed by atoms with Crippen LogP contribution in [0.3, 0.4) is 0 Å². The van der Waals surface area contributed by atoms with Crippen molar-refractivity contribution in [2.24, 2.45) is 5.92 Å². The molecule has 2 N–H and O–H groups in total. The van der Waals surface area contributed by atoms with Gasteiger partial charge in [0, 0.05) is 43.0 Å². The minimum absolute atomic E-state index is 0.0453. The van der Waals surface area contributed by atoms with E-state index in [0.29, 0.717) is 18.8 Å². The van der Waals surface area contributed by atoms with Crippen molar-refractivity contribution >= 4 is 22.7 Å². The van der Waals surface area contributed by atoms with Gasteiger partial charge in [-0.15, -0.1) is 0 Å². The first kappa shape index (κ1) is 18.5. The lowest BCUT2D eigenvalue weighted by Gasteiger charge is -2.33. The van der Waals surface area contributed by atoms with Gasteiger partial charge in [0.15, 0.2) is 0 Å². The lowest BCUT2D eigenvalue weighted by atomic mass is 9.97. The Morgan fingerprint density at radius 2 is 2.00 bits per heavy atom. The van der Waals surface area contributed by atoms with Crippen LogP contribution in [0.25, 0.3) is 10.9 Å². The Kier molecular flexibility index (Phi) is 5.96. The van der Waals surface area contributed by atoms with Crippen LogP contribution in [-0.4, -0.2) is 40.8 Å². The molecule has 0 radical (unpaired) electrons. The molecule has 0 bridgehead atoms. The quantitative estimate of drug-likeness (QED) is 0.835. The number of hydrogen-bond acceptors (Lipinski definition) is 2. The summed E-state index contributed by atoms with van der Waals surface area (Å²) in [4.78, 5) is 30.5.